The molecule has 2 unspecified atom stereocenters. The van der Waals surface area contributed by atoms with Crippen molar-refractivity contribution in [3.63, 3.8) is 0 Å². The van der Waals surface area contributed by atoms with Gasteiger partial charge in [0.2, 0.25) is 0 Å². The van der Waals surface area contributed by atoms with Crippen LogP contribution in [0.25, 0.3) is 5.65 Å². The van der Waals surface area contributed by atoms with Crippen LogP contribution < -0.4 is 11.1 Å². The Labute approximate surface area is 130 Å². The van der Waals surface area contributed by atoms with Gasteiger partial charge in [0.15, 0.2) is 5.65 Å². The Balaban J connectivity index is 1.95. The summed E-state index contributed by atoms with van der Waals surface area (Å²) < 4.78 is 1.74. The molecule has 6 heteroatoms. The van der Waals surface area contributed by atoms with Gasteiger partial charge in [0.25, 0.3) is 5.91 Å². The summed E-state index contributed by atoms with van der Waals surface area (Å²) in [6.07, 6.45) is 3.21. The fraction of sp³-hybridized carbons (Fsp3) is 0.562. The van der Waals surface area contributed by atoms with Crippen molar-refractivity contribution in [2.24, 2.45) is 11.7 Å². The monoisotopic (exact) mass is 301 g/mol. The zero-order valence-corrected chi connectivity index (χ0v) is 13.4. The van der Waals surface area contributed by atoms with Gasteiger partial charge >= 0.3 is 0 Å². The lowest BCUT2D eigenvalue weighted by molar-refractivity contribution is 0.0929. The molecule has 0 saturated heterocycles. The maximum absolute atomic E-state index is 12.7. The number of aromatic nitrogens is 3. The van der Waals surface area contributed by atoms with Crippen LogP contribution >= 0.6 is 0 Å². The third-order valence-corrected chi connectivity index (χ3v) is 4.58. The zero-order valence-electron chi connectivity index (χ0n) is 13.4. The summed E-state index contributed by atoms with van der Waals surface area (Å²) in [5, 5.41) is 7.60. The van der Waals surface area contributed by atoms with Gasteiger partial charge in [-0.3, -0.25) is 4.79 Å². The molecule has 0 spiro atoms. The Bertz CT molecular complexity index is 721. The molecular weight excluding hydrogens is 278 g/mol. The van der Waals surface area contributed by atoms with Gasteiger partial charge in [-0.15, -0.1) is 0 Å². The van der Waals surface area contributed by atoms with Gasteiger partial charge in [-0.1, -0.05) is 6.42 Å². The van der Waals surface area contributed by atoms with Gasteiger partial charge in [-0.2, -0.15) is 5.10 Å². The van der Waals surface area contributed by atoms with E-state index in [0.717, 1.165) is 30.7 Å². The molecule has 2 atom stereocenters. The fourth-order valence-electron chi connectivity index (χ4n) is 3.44. The number of hydrogen-bond acceptors (Lipinski definition) is 4. The third-order valence-electron chi connectivity index (χ3n) is 4.58. The topological polar surface area (TPSA) is 85.3 Å². The van der Waals surface area contributed by atoms with Crippen molar-refractivity contribution < 1.29 is 4.79 Å². The minimum atomic E-state index is -0.0876. The van der Waals surface area contributed by atoms with Crippen molar-refractivity contribution in [1.82, 2.24) is 19.9 Å². The van der Waals surface area contributed by atoms with E-state index in [1.54, 1.807) is 4.52 Å². The quantitative estimate of drug-likeness (QED) is 0.900. The molecule has 1 amide bonds. The molecule has 0 bridgehead atoms. The second kappa shape index (κ2) is 5.68. The smallest absolute Gasteiger partial charge is 0.257 e. The lowest BCUT2D eigenvalue weighted by Crippen LogP contribution is -2.40. The number of hydrogen-bond donors (Lipinski definition) is 2. The zero-order chi connectivity index (χ0) is 15.9. The van der Waals surface area contributed by atoms with Crippen molar-refractivity contribution in [3.05, 3.63) is 28.7 Å². The van der Waals surface area contributed by atoms with E-state index >= 15 is 0 Å². The molecule has 3 rings (SSSR count). The normalized spacial score (nSPS) is 21.5. The highest BCUT2D eigenvalue weighted by Gasteiger charge is 2.29. The van der Waals surface area contributed by atoms with Crippen molar-refractivity contribution >= 4 is 11.6 Å². The van der Waals surface area contributed by atoms with Gasteiger partial charge in [0, 0.05) is 17.4 Å². The third kappa shape index (κ3) is 2.47. The number of aryl methyl sites for hydroxylation is 3. The first kappa shape index (κ1) is 15.0. The van der Waals surface area contributed by atoms with Gasteiger partial charge in [0.1, 0.15) is 5.56 Å². The number of carbonyl (C=O) groups excluding carboxylic acids is 1. The first-order valence-electron chi connectivity index (χ1n) is 7.85. The molecule has 1 aliphatic carbocycles. The first-order chi connectivity index (χ1) is 10.5. The number of nitrogens with two attached hydrogens (primary N) is 1. The molecule has 3 N–H and O–H groups in total. The average molecular weight is 301 g/mol. The van der Waals surface area contributed by atoms with Crippen LogP contribution in [0, 0.1) is 26.7 Å². The summed E-state index contributed by atoms with van der Waals surface area (Å²) in [7, 11) is 0. The average Bonchev–Trinajstić information content (AvgIpc) is 3.02. The van der Waals surface area contributed by atoms with Crippen LogP contribution in [-0.4, -0.2) is 33.1 Å². The van der Waals surface area contributed by atoms with E-state index in [1.165, 1.54) is 0 Å². The largest absolute Gasteiger partial charge is 0.349 e. The van der Waals surface area contributed by atoms with Crippen molar-refractivity contribution in [1.29, 1.82) is 0 Å². The lowest BCUT2D eigenvalue weighted by atomic mass is 10.0. The number of nitrogens with zero attached hydrogens (tertiary/aromatic N) is 3. The molecular formula is C16H23N5O. The number of carbonyl (C=O) groups is 1. The van der Waals surface area contributed by atoms with Crippen LogP contribution in [0.15, 0.2) is 6.07 Å². The number of fused-ring (bicyclic) bond motifs is 1. The molecule has 0 radical (unpaired) electrons. The molecule has 118 valence electrons. The second-order valence-corrected chi connectivity index (χ2v) is 6.24. The standard InChI is InChI=1S/C16H23N5O/c1-9-7-10(2)21-15(18-9)14(11(3)20-21)16(22)19-13-6-4-5-12(13)8-17/h7,12-13H,4-6,8,17H2,1-3H3,(H,19,22). The Hall–Kier alpha value is -1.95. The van der Waals surface area contributed by atoms with Gasteiger partial charge in [-0.05, 0) is 52.1 Å². The van der Waals surface area contributed by atoms with Crippen LogP contribution in [0.1, 0.15) is 46.7 Å². The summed E-state index contributed by atoms with van der Waals surface area (Å²) in [5.41, 5.74) is 9.59. The number of amides is 1. The molecule has 0 aliphatic heterocycles. The highest BCUT2D eigenvalue weighted by molar-refractivity contribution is 6.01. The highest BCUT2D eigenvalue weighted by atomic mass is 16.1. The van der Waals surface area contributed by atoms with Crippen molar-refractivity contribution in [3.8, 4) is 0 Å². The van der Waals surface area contributed by atoms with Crippen molar-refractivity contribution in [2.45, 2.75) is 46.1 Å². The molecule has 6 nitrogen and oxygen atoms in total. The van der Waals surface area contributed by atoms with E-state index in [-0.39, 0.29) is 11.9 Å². The molecule has 1 fully saturated rings. The van der Waals surface area contributed by atoms with E-state index in [2.05, 4.69) is 15.4 Å². The Morgan fingerprint density at radius 2 is 2.18 bits per heavy atom. The summed E-state index contributed by atoms with van der Waals surface area (Å²) >= 11 is 0. The van der Waals surface area contributed by atoms with Crippen LogP contribution in [0.2, 0.25) is 0 Å². The maximum Gasteiger partial charge on any atom is 0.257 e. The SMILES string of the molecule is Cc1cc(C)n2nc(C)c(C(=O)NC3CCCC3CN)c2n1. The summed E-state index contributed by atoms with van der Waals surface area (Å²) in [6, 6.07) is 2.13. The van der Waals surface area contributed by atoms with Crippen LogP contribution in [0.5, 0.6) is 0 Å². The number of rotatable bonds is 3. The predicted molar refractivity (Wildman–Crippen MR) is 84.8 cm³/mol. The first-order valence-corrected chi connectivity index (χ1v) is 7.85. The van der Waals surface area contributed by atoms with Crippen molar-refractivity contribution in [2.75, 3.05) is 6.54 Å². The van der Waals surface area contributed by atoms with E-state index in [9.17, 15) is 4.79 Å². The van der Waals surface area contributed by atoms with Crippen LogP contribution in [-0.2, 0) is 0 Å². The minimum Gasteiger partial charge on any atom is -0.349 e. The molecule has 0 aromatic carbocycles. The number of nitrogens with one attached hydrogen (secondary N) is 1. The second-order valence-electron chi connectivity index (χ2n) is 6.24. The Kier molecular flexibility index (Phi) is 3.87. The predicted octanol–water partition coefficient (Wildman–Crippen LogP) is 1.51. The van der Waals surface area contributed by atoms with Crippen LogP contribution in [0.3, 0.4) is 0 Å². The maximum atomic E-state index is 12.7. The molecule has 2 aromatic heterocycles. The molecule has 22 heavy (non-hydrogen) atoms. The minimum absolute atomic E-state index is 0.0876. The highest BCUT2D eigenvalue weighted by Crippen LogP contribution is 2.25. The van der Waals surface area contributed by atoms with E-state index in [1.807, 2.05) is 26.8 Å². The summed E-state index contributed by atoms with van der Waals surface area (Å²) in [6.45, 7) is 6.37. The Morgan fingerprint density at radius 1 is 1.41 bits per heavy atom. The Morgan fingerprint density at radius 3 is 2.91 bits per heavy atom. The summed E-state index contributed by atoms with van der Waals surface area (Å²) in [4.78, 5) is 17.2. The van der Waals surface area contributed by atoms with Gasteiger partial charge in [0.05, 0.1) is 5.69 Å². The molecule has 2 heterocycles. The molecule has 2 aromatic rings. The van der Waals surface area contributed by atoms with Gasteiger partial charge in [-0.25, -0.2) is 9.50 Å². The van der Waals surface area contributed by atoms with Crippen LogP contribution in [0.4, 0.5) is 0 Å². The fourth-order valence-corrected chi connectivity index (χ4v) is 3.44. The van der Waals surface area contributed by atoms with E-state index < -0.39 is 0 Å². The van der Waals surface area contributed by atoms with Gasteiger partial charge < -0.3 is 11.1 Å². The molecule has 1 aliphatic rings. The van der Waals surface area contributed by atoms with E-state index in [4.69, 9.17) is 5.73 Å². The lowest BCUT2D eigenvalue weighted by Gasteiger charge is -2.19. The summed E-state index contributed by atoms with van der Waals surface area (Å²) in [5.74, 6) is 0.290. The molecule has 1 saturated carbocycles. The van der Waals surface area contributed by atoms with E-state index in [0.29, 0.717) is 29.4 Å².